The number of ether oxygens (including phenoxy) is 6. The van der Waals surface area contributed by atoms with Crippen molar-refractivity contribution >= 4 is 29.1 Å². The van der Waals surface area contributed by atoms with Crippen LogP contribution in [-0.2, 0) is 28.4 Å². The van der Waals surface area contributed by atoms with E-state index in [1.54, 1.807) is 24.5 Å². The highest BCUT2D eigenvalue weighted by Gasteiger charge is 2.41. The van der Waals surface area contributed by atoms with Crippen LogP contribution in [0.25, 0.3) is 28.1 Å². The van der Waals surface area contributed by atoms with Crippen LogP contribution in [0.1, 0.15) is 83.0 Å². The van der Waals surface area contributed by atoms with Crippen molar-refractivity contribution in [2.45, 2.75) is 62.4 Å². The first-order chi connectivity index (χ1) is 27.0. The second kappa shape index (κ2) is 16.4. The lowest BCUT2D eigenvalue weighted by atomic mass is 9.83. The molecule has 2 saturated heterocycles. The Morgan fingerprint density at radius 2 is 1.25 bits per heavy atom. The summed E-state index contributed by atoms with van der Waals surface area (Å²) >= 11 is 0. The molecule has 4 aromatic rings. The van der Waals surface area contributed by atoms with Crippen molar-refractivity contribution in [1.82, 2.24) is 19.9 Å². The van der Waals surface area contributed by atoms with Crippen molar-refractivity contribution in [3.8, 4) is 22.5 Å². The Labute approximate surface area is 321 Å². The fourth-order valence-corrected chi connectivity index (χ4v) is 7.40. The van der Waals surface area contributed by atoms with Gasteiger partial charge in [0.1, 0.15) is 34.7 Å². The van der Waals surface area contributed by atoms with Gasteiger partial charge in [0, 0.05) is 42.7 Å². The fraction of sp³-hybridized carbons (Fsp3) is 0.400. The summed E-state index contributed by atoms with van der Waals surface area (Å²) in [5.41, 5.74) is 15.9. The van der Waals surface area contributed by atoms with Crippen LogP contribution in [0, 0.1) is 11.6 Å². The highest BCUT2D eigenvalue weighted by atomic mass is 19.1. The average molecular weight is 773 g/mol. The van der Waals surface area contributed by atoms with Gasteiger partial charge in [-0.3, -0.25) is 0 Å². The van der Waals surface area contributed by atoms with Crippen LogP contribution < -0.4 is 11.5 Å². The van der Waals surface area contributed by atoms with E-state index in [4.69, 9.17) is 30.4 Å². The predicted octanol–water partition coefficient (Wildman–Crippen LogP) is 6.01. The van der Waals surface area contributed by atoms with Gasteiger partial charge in [-0.25, -0.2) is 38.3 Å². The van der Waals surface area contributed by atoms with Crippen LogP contribution in [0.2, 0.25) is 0 Å². The highest BCUT2D eigenvalue weighted by Crippen LogP contribution is 2.42. The molecule has 0 atom stereocenters. The molecule has 4 N–H and O–H groups in total. The first-order valence-corrected chi connectivity index (χ1v) is 18.3. The first-order valence-electron chi connectivity index (χ1n) is 18.3. The Morgan fingerprint density at radius 1 is 0.732 bits per heavy atom. The smallest absolute Gasteiger partial charge is 0.340 e. The molecule has 14 nitrogen and oxygen atoms in total. The van der Waals surface area contributed by atoms with Gasteiger partial charge < -0.3 is 39.9 Å². The second-order valence-corrected chi connectivity index (χ2v) is 13.8. The summed E-state index contributed by atoms with van der Waals surface area (Å²) in [5.74, 6) is -3.21. The minimum Gasteiger partial charge on any atom is -0.465 e. The Morgan fingerprint density at radius 3 is 1.75 bits per heavy atom. The van der Waals surface area contributed by atoms with Crippen molar-refractivity contribution in [3.63, 3.8) is 0 Å². The number of anilines is 2. The number of nitrogen functional groups attached to an aromatic ring is 2. The van der Waals surface area contributed by atoms with Crippen LogP contribution in [0.5, 0.6) is 0 Å². The standard InChI is InChI=1S/C20H22FN3O4.C20H20FN3O4/c2*1-26-19(25)14-3-2-13(10-15(14)21)17-18(22)23-11-16(24-17)12-4-6-20(7-5-12)27-8-9-28-20/h2-3,10-12H,4-9H2,1H3,(H2,22,23);2-4,10-11H,5-9H2,1H3,(H2,22,23). The van der Waals surface area contributed by atoms with Gasteiger partial charge in [0.15, 0.2) is 11.6 Å². The largest absolute Gasteiger partial charge is 0.465 e. The van der Waals surface area contributed by atoms with Crippen molar-refractivity contribution in [2.24, 2.45) is 0 Å². The minimum absolute atomic E-state index is 0.136. The number of carbonyl (C=O) groups excluding carboxylic acids is 2. The van der Waals surface area contributed by atoms with Gasteiger partial charge in [-0.05, 0) is 49.1 Å². The summed E-state index contributed by atoms with van der Waals surface area (Å²) in [6, 6.07) is 8.32. The lowest BCUT2D eigenvalue weighted by Crippen LogP contribution is -2.34. The number of esters is 2. The highest BCUT2D eigenvalue weighted by molar-refractivity contribution is 5.91. The van der Waals surface area contributed by atoms with E-state index in [9.17, 15) is 18.4 Å². The maximum Gasteiger partial charge on any atom is 0.340 e. The molecule has 294 valence electrons. The van der Waals surface area contributed by atoms with Gasteiger partial charge in [0.25, 0.3) is 0 Å². The van der Waals surface area contributed by atoms with Crippen LogP contribution in [-0.4, -0.2) is 84.1 Å². The Balaban J connectivity index is 0.000000172. The van der Waals surface area contributed by atoms with Gasteiger partial charge in [-0.15, -0.1) is 0 Å². The molecular weight excluding hydrogens is 730 g/mol. The molecule has 3 fully saturated rings. The number of allylic oxidation sites excluding steroid dienone is 1. The summed E-state index contributed by atoms with van der Waals surface area (Å²) in [4.78, 5) is 40.9. The molecule has 2 aromatic heterocycles. The van der Waals surface area contributed by atoms with Gasteiger partial charge in [-0.1, -0.05) is 18.2 Å². The van der Waals surface area contributed by atoms with Crippen LogP contribution in [0.3, 0.4) is 0 Å². The molecule has 4 heterocycles. The monoisotopic (exact) mass is 772 g/mol. The third kappa shape index (κ3) is 8.09. The van der Waals surface area contributed by atoms with Crippen molar-refractivity contribution in [2.75, 3.05) is 52.1 Å². The molecular formula is C40H42F2N6O8. The third-order valence-corrected chi connectivity index (χ3v) is 10.5. The maximum absolute atomic E-state index is 14.3. The SMILES string of the molecule is COC(=O)c1ccc(-c2nc(C3=CCC4(CC3)OCCO4)cnc2N)cc1F.COC(=O)c1ccc(-c2nc(C3CCC4(CC3)OCCO4)cnc2N)cc1F. The van der Waals surface area contributed by atoms with E-state index in [-0.39, 0.29) is 28.7 Å². The number of nitrogens with zero attached hydrogens (tertiary/aromatic N) is 4. The van der Waals surface area contributed by atoms with Crippen molar-refractivity contribution < 1.29 is 46.8 Å². The number of benzene rings is 2. The number of halogens is 2. The summed E-state index contributed by atoms with van der Waals surface area (Å²) in [5, 5.41) is 0. The van der Waals surface area contributed by atoms with Crippen LogP contribution >= 0.6 is 0 Å². The van der Waals surface area contributed by atoms with Gasteiger partial charge >= 0.3 is 11.9 Å². The van der Waals surface area contributed by atoms with E-state index in [0.717, 1.165) is 49.8 Å². The van der Waals surface area contributed by atoms with E-state index in [2.05, 4.69) is 29.4 Å². The maximum atomic E-state index is 14.3. The number of rotatable bonds is 6. The molecule has 0 radical (unpaired) electrons. The number of hydrogen-bond donors (Lipinski definition) is 2. The number of carbonyl (C=O) groups is 2. The topological polar surface area (TPSA) is 193 Å². The van der Waals surface area contributed by atoms with E-state index in [0.29, 0.717) is 61.1 Å². The molecule has 4 aliphatic rings. The number of nitrogens with two attached hydrogens (primary N) is 2. The van der Waals surface area contributed by atoms with E-state index >= 15 is 0 Å². The molecule has 16 heteroatoms. The average Bonchev–Trinajstić information content (AvgIpc) is 3.88. The minimum atomic E-state index is -0.741. The zero-order chi connectivity index (χ0) is 39.5. The van der Waals surface area contributed by atoms with E-state index < -0.39 is 35.1 Å². The summed E-state index contributed by atoms with van der Waals surface area (Å²) in [6.45, 7) is 2.51. The van der Waals surface area contributed by atoms with Gasteiger partial charge in [-0.2, -0.15) is 0 Å². The van der Waals surface area contributed by atoms with Crippen LogP contribution in [0.4, 0.5) is 20.4 Å². The van der Waals surface area contributed by atoms with Gasteiger partial charge in [0.2, 0.25) is 0 Å². The molecule has 56 heavy (non-hydrogen) atoms. The summed E-state index contributed by atoms with van der Waals surface area (Å²) in [7, 11) is 2.41. The Hall–Kier alpha value is -5.42. The summed E-state index contributed by atoms with van der Waals surface area (Å²) < 4.78 is 60.8. The number of aromatic nitrogens is 4. The van der Waals surface area contributed by atoms with E-state index in [1.807, 2.05) is 6.08 Å². The zero-order valence-electron chi connectivity index (χ0n) is 31.0. The predicted molar refractivity (Wildman–Crippen MR) is 199 cm³/mol. The zero-order valence-corrected chi connectivity index (χ0v) is 31.0. The lowest BCUT2D eigenvalue weighted by Gasteiger charge is -2.35. The molecule has 0 unspecified atom stereocenters. The lowest BCUT2D eigenvalue weighted by molar-refractivity contribution is -0.178. The molecule has 2 spiro atoms. The Kier molecular flexibility index (Phi) is 11.3. The number of methoxy groups -OCH3 is 2. The quantitative estimate of drug-likeness (QED) is 0.216. The van der Waals surface area contributed by atoms with Crippen LogP contribution in [0.15, 0.2) is 54.9 Å². The molecule has 2 aromatic carbocycles. The van der Waals surface area contributed by atoms with Crippen molar-refractivity contribution in [1.29, 1.82) is 0 Å². The van der Waals surface area contributed by atoms with Gasteiger partial charge in [0.05, 0.1) is 75.6 Å². The Bertz CT molecular complexity index is 2150. The van der Waals surface area contributed by atoms with E-state index in [1.165, 1.54) is 38.5 Å². The molecule has 8 rings (SSSR count). The molecule has 2 aliphatic carbocycles. The fourth-order valence-electron chi connectivity index (χ4n) is 7.40. The second-order valence-electron chi connectivity index (χ2n) is 13.8. The van der Waals surface area contributed by atoms with Crippen molar-refractivity contribution in [3.05, 3.63) is 89.0 Å². The molecule has 1 saturated carbocycles. The normalized spacial score (nSPS) is 18.6. The first kappa shape index (κ1) is 38.8. The summed E-state index contributed by atoms with van der Waals surface area (Å²) in [6.07, 6.45) is 10.8. The molecule has 0 amide bonds. The number of hydrogen-bond acceptors (Lipinski definition) is 14. The molecule has 2 aliphatic heterocycles. The third-order valence-electron chi connectivity index (χ3n) is 10.5. The molecule has 0 bridgehead atoms.